The maximum atomic E-state index is 13.4. The molecule has 1 atom stereocenters. The maximum Gasteiger partial charge on any atom is 0.310 e. The van der Waals surface area contributed by atoms with Crippen LogP contribution in [0.3, 0.4) is 0 Å². The van der Waals surface area contributed by atoms with E-state index in [9.17, 15) is 18.4 Å². The van der Waals surface area contributed by atoms with Crippen molar-refractivity contribution in [2.45, 2.75) is 36.1 Å². The number of oxazole rings is 1. The zero-order chi connectivity index (χ0) is 24.7. The highest BCUT2D eigenvalue weighted by Crippen LogP contribution is 2.34. The molecule has 1 saturated heterocycles. The van der Waals surface area contributed by atoms with E-state index in [1.807, 2.05) is 0 Å². The van der Waals surface area contributed by atoms with Crippen LogP contribution in [0.5, 0.6) is 0 Å². The minimum Gasteiger partial charge on any atom is -0.436 e. The van der Waals surface area contributed by atoms with Crippen molar-refractivity contribution in [3.05, 3.63) is 46.6 Å². The van der Waals surface area contributed by atoms with Gasteiger partial charge in [0, 0.05) is 54.8 Å². The predicted molar refractivity (Wildman–Crippen MR) is 128 cm³/mol. The molecule has 13 heteroatoms. The summed E-state index contributed by atoms with van der Waals surface area (Å²) in [6.07, 6.45) is 0.958. The van der Waals surface area contributed by atoms with Crippen molar-refractivity contribution in [2.24, 2.45) is 0 Å². The van der Waals surface area contributed by atoms with Gasteiger partial charge in [-0.2, -0.15) is 14.6 Å². The van der Waals surface area contributed by atoms with Crippen molar-refractivity contribution in [2.75, 3.05) is 26.2 Å². The number of halogens is 1. The lowest BCUT2D eigenvalue weighted by Gasteiger charge is -2.39. The Balaban J connectivity index is 1.38. The number of piperazine rings is 1. The van der Waals surface area contributed by atoms with Gasteiger partial charge in [0.05, 0.1) is 18.3 Å². The summed E-state index contributed by atoms with van der Waals surface area (Å²) < 4.78 is 34.9. The third kappa shape index (κ3) is 4.67. The topological polar surface area (TPSA) is 131 Å². The van der Waals surface area contributed by atoms with Gasteiger partial charge in [-0.25, -0.2) is 13.4 Å². The number of benzene rings is 1. The smallest absolute Gasteiger partial charge is 0.310 e. The fourth-order valence-corrected chi connectivity index (χ4v) is 7.72. The average molecular weight is 536 g/mol. The number of fused-ring (bicyclic) bond motifs is 2. The Morgan fingerprint density at radius 2 is 2.14 bits per heavy atom. The van der Waals surface area contributed by atoms with Crippen LogP contribution in [0.4, 0.5) is 0 Å². The summed E-state index contributed by atoms with van der Waals surface area (Å²) >= 11 is 7.20. The van der Waals surface area contributed by atoms with E-state index in [0.717, 1.165) is 26.5 Å². The molecule has 0 spiro atoms. The van der Waals surface area contributed by atoms with Gasteiger partial charge >= 0.3 is 5.91 Å². The number of hydrogen-bond acceptors (Lipinski definition) is 9. The Morgan fingerprint density at radius 1 is 1.31 bits per heavy atom. The van der Waals surface area contributed by atoms with Gasteiger partial charge in [0.15, 0.2) is 0 Å². The minimum absolute atomic E-state index is 0.0651. The zero-order valence-corrected chi connectivity index (χ0v) is 20.9. The van der Waals surface area contributed by atoms with Gasteiger partial charge in [-0.3, -0.25) is 4.79 Å². The molecule has 0 bridgehead atoms. The number of sulfonamides is 1. The molecule has 2 aromatic heterocycles. The Bertz CT molecular complexity index is 1430. The number of carbonyl (C=O) groups excluding carboxylic acids is 1. The number of amides is 1. The number of hydrogen-bond donors (Lipinski definition) is 1. The number of aromatic nitrogens is 1. The summed E-state index contributed by atoms with van der Waals surface area (Å²) in [5, 5.41) is 21.3. The van der Waals surface area contributed by atoms with Gasteiger partial charge in [-0.05, 0) is 30.0 Å². The van der Waals surface area contributed by atoms with Crippen LogP contribution in [0.1, 0.15) is 35.0 Å². The van der Waals surface area contributed by atoms with Crippen molar-refractivity contribution in [3.63, 3.8) is 0 Å². The standard InChI is InChI=1S/C22H22ClN5O5S2/c23-15-4-3-14-10-20(34-19(14)11-15)35(31,32)27-8-9-28(16(12-27)2-1-6-24)22(29)21-25-17-5-7-26(30)13-18(17)33-21/h3-4,10-11,16,30H,1-2,5,7-9,12-13H2. The fourth-order valence-electron chi connectivity index (χ4n) is 4.42. The fraction of sp³-hybridized carbons (Fsp3) is 0.409. The molecule has 2 aliphatic heterocycles. The van der Waals surface area contributed by atoms with Crippen molar-refractivity contribution in [1.29, 1.82) is 5.26 Å². The molecular weight excluding hydrogens is 514 g/mol. The van der Waals surface area contributed by atoms with Gasteiger partial charge in [0.25, 0.3) is 15.9 Å². The van der Waals surface area contributed by atoms with E-state index in [4.69, 9.17) is 21.3 Å². The number of nitrogens with zero attached hydrogens (tertiary/aromatic N) is 5. The Labute approximate surface area is 210 Å². The normalized spacial score (nSPS) is 19.6. The molecule has 0 saturated carbocycles. The second kappa shape index (κ2) is 9.50. The van der Waals surface area contributed by atoms with E-state index in [1.165, 1.54) is 4.31 Å². The van der Waals surface area contributed by atoms with E-state index >= 15 is 0 Å². The van der Waals surface area contributed by atoms with E-state index in [1.54, 1.807) is 29.2 Å². The largest absolute Gasteiger partial charge is 0.436 e. The number of carbonyl (C=O) groups is 1. The zero-order valence-electron chi connectivity index (χ0n) is 18.6. The molecular formula is C22H22ClN5O5S2. The van der Waals surface area contributed by atoms with Crippen molar-refractivity contribution in [1.82, 2.24) is 19.3 Å². The highest BCUT2D eigenvalue weighted by atomic mass is 35.5. The molecule has 184 valence electrons. The summed E-state index contributed by atoms with van der Waals surface area (Å²) in [5.74, 6) is -0.0768. The second-order valence-electron chi connectivity index (χ2n) is 8.49. The Hall–Kier alpha value is -2.53. The minimum atomic E-state index is -3.80. The number of thiophene rings is 1. The molecule has 1 unspecified atom stereocenters. The number of nitriles is 1. The second-order valence-corrected chi connectivity index (χ2v) is 12.2. The summed E-state index contributed by atoms with van der Waals surface area (Å²) in [5.41, 5.74) is 0.637. The van der Waals surface area contributed by atoms with Crippen molar-refractivity contribution in [3.8, 4) is 6.07 Å². The summed E-state index contributed by atoms with van der Waals surface area (Å²) in [4.78, 5) is 19.1. The van der Waals surface area contributed by atoms with Crippen LogP contribution in [-0.4, -0.2) is 71.0 Å². The molecule has 5 rings (SSSR count). The third-order valence-corrected chi connectivity index (χ3v) is 9.89. The van der Waals surface area contributed by atoms with Crippen molar-refractivity contribution >= 4 is 49.0 Å². The molecule has 1 amide bonds. The molecule has 1 fully saturated rings. The SMILES string of the molecule is N#CCCC1CN(S(=O)(=O)c2cc3ccc(Cl)cc3s2)CCN1C(=O)c1nc2c(o1)CN(O)CC2. The van der Waals surface area contributed by atoms with Crippen LogP contribution >= 0.6 is 22.9 Å². The van der Waals surface area contributed by atoms with Crippen LogP contribution in [0, 0.1) is 11.3 Å². The third-order valence-electron chi connectivity index (χ3n) is 6.24. The van der Waals surface area contributed by atoms with Gasteiger partial charge in [0.1, 0.15) is 9.97 Å². The lowest BCUT2D eigenvalue weighted by molar-refractivity contribution is -0.108. The van der Waals surface area contributed by atoms with Gasteiger partial charge in [-0.15, -0.1) is 11.3 Å². The van der Waals surface area contributed by atoms with E-state index in [-0.39, 0.29) is 42.7 Å². The first kappa shape index (κ1) is 24.2. The van der Waals surface area contributed by atoms with E-state index < -0.39 is 22.0 Å². The van der Waals surface area contributed by atoms with Crippen LogP contribution in [0.25, 0.3) is 10.1 Å². The van der Waals surface area contributed by atoms with Crippen molar-refractivity contribution < 1.29 is 22.8 Å². The van der Waals surface area contributed by atoms with Crippen LogP contribution in [0.2, 0.25) is 5.02 Å². The first-order valence-electron chi connectivity index (χ1n) is 11.1. The first-order chi connectivity index (χ1) is 16.8. The number of rotatable bonds is 5. The molecule has 1 aromatic carbocycles. The molecule has 2 aliphatic rings. The van der Waals surface area contributed by atoms with Crippen LogP contribution in [-0.2, 0) is 23.0 Å². The highest BCUT2D eigenvalue weighted by molar-refractivity contribution is 7.91. The molecule has 10 nitrogen and oxygen atoms in total. The number of hydroxylamine groups is 2. The molecule has 1 N–H and O–H groups in total. The van der Waals surface area contributed by atoms with Gasteiger partial charge in [-0.1, -0.05) is 17.7 Å². The molecule has 3 aromatic rings. The predicted octanol–water partition coefficient (Wildman–Crippen LogP) is 3.11. The van der Waals surface area contributed by atoms with E-state index in [0.29, 0.717) is 35.9 Å². The Morgan fingerprint density at radius 3 is 2.94 bits per heavy atom. The van der Waals surface area contributed by atoms with Gasteiger partial charge in [0.2, 0.25) is 0 Å². The lowest BCUT2D eigenvalue weighted by Crippen LogP contribution is -2.56. The molecule has 0 aliphatic carbocycles. The Kier molecular flexibility index (Phi) is 6.56. The highest BCUT2D eigenvalue weighted by Gasteiger charge is 2.39. The molecule has 0 radical (unpaired) electrons. The average Bonchev–Trinajstić information content (AvgIpc) is 3.46. The van der Waals surface area contributed by atoms with Gasteiger partial charge < -0.3 is 14.5 Å². The van der Waals surface area contributed by atoms with Crippen LogP contribution < -0.4 is 0 Å². The van der Waals surface area contributed by atoms with Crippen LogP contribution in [0.15, 0.2) is 32.9 Å². The first-order valence-corrected chi connectivity index (χ1v) is 13.7. The van der Waals surface area contributed by atoms with E-state index in [2.05, 4.69) is 11.1 Å². The monoisotopic (exact) mass is 535 g/mol. The lowest BCUT2D eigenvalue weighted by atomic mass is 10.1. The summed E-state index contributed by atoms with van der Waals surface area (Å²) in [7, 11) is -3.80. The quantitative estimate of drug-likeness (QED) is 0.527. The molecule has 35 heavy (non-hydrogen) atoms. The summed E-state index contributed by atoms with van der Waals surface area (Å²) in [6, 6.07) is 8.44. The maximum absolute atomic E-state index is 13.4. The summed E-state index contributed by atoms with van der Waals surface area (Å²) in [6.45, 7) is 0.870. The molecule has 4 heterocycles.